The van der Waals surface area contributed by atoms with Gasteiger partial charge in [-0.15, -0.1) is 0 Å². The number of hydrogen-bond donors (Lipinski definition) is 2. The van der Waals surface area contributed by atoms with Crippen LogP contribution < -0.4 is 10.0 Å². The summed E-state index contributed by atoms with van der Waals surface area (Å²) in [5.41, 5.74) is 0.818. The summed E-state index contributed by atoms with van der Waals surface area (Å²) in [5, 5.41) is 2.95. The molecule has 1 fully saturated rings. The molecule has 1 amide bonds. The van der Waals surface area contributed by atoms with Crippen molar-refractivity contribution in [2.75, 3.05) is 11.3 Å². The average molecular weight is 390 g/mol. The zero-order chi connectivity index (χ0) is 19.3. The molecule has 0 unspecified atom stereocenters. The Labute approximate surface area is 159 Å². The highest BCUT2D eigenvalue weighted by Gasteiger charge is 2.16. The fraction of sp³-hybridized carbons (Fsp3) is 0.350. The zero-order valence-electron chi connectivity index (χ0n) is 14.9. The number of rotatable bonds is 6. The first-order valence-electron chi connectivity index (χ1n) is 9.11. The summed E-state index contributed by atoms with van der Waals surface area (Å²) in [4.78, 5) is 12.2. The minimum Gasteiger partial charge on any atom is -0.352 e. The van der Waals surface area contributed by atoms with Crippen LogP contribution in [0, 0.1) is 11.7 Å². The molecule has 0 aliphatic heterocycles. The van der Waals surface area contributed by atoms with Gasteiger partial charge in [0, 0.05) is 17.8 Å². The van der Waals surface area contributed by atoms with Crippen molar-refractivity contribution in [3.8, 4) is 0 Å². The van der Waals surface area contributed by atoms with E-state index in [1.54, 1.807) is 12.1 Å². The highest BCUT2D eigenvalue weighted by Crippen LogP contribution is 2.23. The number of halogens is 1. The van der Waals surface area contributed by atoms with Crippen LogP contribution in [0.2, 0.25) is 0 Å². The summed E-state index contributed by atoms with van der Waals surface area (Å²) in [7, 11) is -3.81. The second-order valence-electron chi connectivity index (χ2n) is 6.85. The van der Waals surface area contributed by atoms with E-state index in [0.717, 1.165) is 25.0 Å². The molecule has 1 aliphatic rings. The molecule has 0 aromatic heterocycles. The molecule has 2 N–H and O–H groups in total. The topological polar surface area (TPSA) is 75.3 Å². The number of carbonyl (C=O) groups excluding carboxylic acids is 1. The maximum Gasteiger partial charge on any atom is 0.261 e. The fourth-order valence-electron chi connectivity index (χ4n) is 3.25. The Kier molecular flexibility index (Phi) is 6.11. The molecular formula is C20H23FN2O3S. The van der Waals surface area contributed by atoms with Gasteiger partial charge in [-0.2, -0.15) is 0 Å². The van der Waals surface area contributed by atoms with Crippen LogP contribution in [0.15, 0.2) is 53.4 Å². The largest absolute Gasteiger partial charge is 0.352 e. The van der Waals surface area contributed by atoms with Gasteiger partial charge >= 0.3 is 0 Å². The lowest BCUT2D eigenvalue weighted by Gasteiger charge is -2.21. The summed E-state index contributed by atoms with van der Waals surface area (Å²) in [6.45, 7) is 0.678. The maximum absolute atomic E-state index is 13.0. The van der Waals surface area contributed by atoms with Crippen molar-refractivity contribution in [1.29, 1.82) is 0 Å². The zero-order valence-corrected chi connectivity index (χ0v) is 15.8. The molecule has 1 saturated carbocycles. The minimum absolute atomic E-state index is 0.0294. The number of carbonyl (C=O) groups is 1. The average Bonchev–Trinajstić information content (AvgIpc) is 2.67. The Balaban J connectivity index is 1.59. The van der Waals surface area contributed by atoms with Crippen molar-refractivity contribution in [1.82, 2.24) is 5.32 Å². The lowest BCUT2D eigenvalue weighted by atomic mass is 9.89. The molecular weight excluding hydrogens is 367 g/mol. The van der Waals surface area contributed by atoms with Crippen molar-refractivity contribution in [2.45, 2.75) is 37.0 Å². The molecule has 144 valence electrons. The van der Waals surface area contributed by atoms with Crippen LogP contribution in [0.25, 0.3) is 0 Å². The Morgan fingerprint density at radius 2 is 1.59 bits per heavy atom. The Bertz CT molecular complexity index is 874. The van der Waals surface area contributed by atoms with E-state index in [1.165, 1.54) is 43.5 Å². The summed E-state index contributed by atoms with van der Waals surface area (Å²) in [6.07, 6.45) is 6.04. The lowest BCUT2D eigenvalue weighted by Crippen LogP contribution is -2.30. The summed E-state index contributed by atoms with van der Waals surface area (Å²) < 4.78 is 40.0. The van der Waals surface area contributed by atoms with E-state index in [-0.39, 0.29) is 10.8 Å². The summed E-state index contributed by atoms with van der Waals surface area (Å²) in [5.74, 6) is -0.115. The number of amides is 1. The first-order valence-corrected chi connectivity index (χ1v) is 10.6. The van der Waals surface area contributed by atoms with Gasteiger partial charge < -0.3 is 5.32 Å². The van der Waals surface area contributed by atoms with Crippen LogP contribution in [0.5, 0.6) is 0 Å². The van der Waals surface area contributed by atoms with Gasteiger partial charge in [-0.05, 0) is 67.3 Å². The van der Waals surface area contributed by atoms with Crippen LogP contribution in [0.3, 0.4) is 0 Å². The first kappa shape index (κ1) is 19.4. The molecule has 0 radical (unpaired) electrons. The van der Waals surface area contributed by atoms with E-state index in [4.69, 9.17) is 0 Å². The van der Waals surface area contributed by atoms with Gasteiger partial charge in [-0.25, -0.2) is 12.8 Å². The third-order valence-electron chi connectivity index (χ3n) is 4.80. The molecule has 2 aromatic carbocycles. The van der Waals surface area contributed by atoms with Crippen molar-refractivity contribution in [3.05, 3.63) is 59.9 Å². The molecule has 0 spiro atoms. The predicted octanol–water partition coefficient (Wildman–Crippen LogP) is 3.94. The molecule has 0 atom stereocenters. The monoisotopic (exact) mass is 390 g/mol. The molecule has 0 bridgehead atoms. The molecule has 1 aliphatic carbocycles. The quantitative estimate of drug-likeness (QED) is 0.785. The molecule has 27 heavy (non-hydrogen) atoms. The Morgan fingerprint density at radius 3 is 2.22 bits per heavy atom. The van der Waals surface area contributed by atoms with E-state index in [2.05, 4.69) is 10.0 Å². The number of sulfonamides is 1. The van der Waals surface area contributed by atoms with Gasteiger partial charge in [0.15, 0.2) is 0 Å². The normalized spacial score (nSPS) is 15.3. The number of benzene rings is 2. The van der Waals surface area contributed by atoms with Crippen molar-refractivity contribution >= 4 is 21.6 Å². The third-order valence-corrected chi connectivity index (χ3v) is 6.20. The van der Waals surface area contributed by atoms with E-state index >= 15 is 0 Å². The second-order valence-corrected chi connectivity index (χ2v) is 8.53. The maximum atomic E-state index is 13.0. The van der Waals surface area contributed by atoms with Crippen LogP contribution in [-0.2, 0) is 10.0 Å². The lowest BCUT2D eigenvalue weighted by molar-refractivity contribution is 0.0943. The number of anilines is 1. The van der Waals surface area contributed by atoms with Gasteiger partial charge in [-0.1, -0.05) is 19.3 Å². The molecule has 5 nitrogen and oxygen atoms in total. The van der Waals surface area contributed by atoms with Crippen molar-refractivity contribution in [2.24, 2.45) is 5.92 Å². The van der Waals surface area contributed by atoms with Crippen molar-refractivity contribution < 1.29 is 17.6 Å². The predicted molar refractivity (Wildman–Crippen MR) is 103 cm³/mol. The fourth-order valence-corrected chi connectivity index (χ4v) is 4.31. The third kappa shape index (κ3) is 5.29. The smallest absolute Gasteiger partial charge is 0.261 e. The Hall–Kier alpha value is -2.41. The van der Waals surface area contributed by atoms with Crippen LogP contribution in [0.1, 0.15) is 42.5 Å². The van der Waals surface area contributed by atoms with Gasteiger partial charge in [0.05, 0.1) is 4.90 Å². The van der Waals surface area contributed by atoms with Gasteiger partial charge in [0.1, 0.15) is 5.82 Å². The number of hydrogen-bond acceptors (Lipinski definition) is 3. The molecule has 0 saturated heterocycles. The van der Waals surface area contributed by atoms with E-state index < -0.39 is 15.8 Å². The molecule has 0 heterocycles. The highest BCUT2D eigenvalue weighted by atomic mass is 32.2. The van der Waals surface area contributed by atoms with Gasteiger partial charge in [-0.3, -0.25) is 9.52 Å². The standard InChI is InChI=1S/C20H23FN2O3S/c21-17-8-12-19(13-9-17)27(25,26)23-18-10-6-16(7-11-18)20(24)22-14-15-4-2-1-3-5-15/h6-13,15,23H,1-5,14H2,(H,22,24). The van der Waals surface area contributed by atoms with Crippen LogP contribution in [-0.4, -0.2) is 20.9 Å². The summed E-state index contributed by atoms with van der Waals surface area (Å²) >= 11 is 0. The van der Waals surface area contributed by atoms with Gasteiger partial charge in [0.25, 0.3) is 15.9 Å². The van der Waals surface area contributed by atoms with Gasteiger partial charge in [0.2, 0.25) is 0 Å². The molecule has 2 aromatic rings. The Morgan fingerprint density at radius 1 is 0.963 bits per heavy atom. The minimum atomic E-state index is -3.81. The van der Waals surface area contributed by atoms with E-state index in [0.29, 0.717) is 23.7 Å². The summed E-state index contributed by atoms with van der Waals surface area (Å²) in [6, 6.07) is 10.8. The van der Waals surface area contributed by atoms with Crippen molar-refractivity contribution in [3.63, 3.8) is 0 Å². The molecule has 3 rings (SSSR count). The van der Waals surface area contributed by atoms with Crippen LogP contribution >= 0.6 is 0 Å². The van der Waals surface area contributed by atoms with E-state index in [9.17, 15) is 17.6 Å². The SMILES string of the molecule is O=C(NCC1CCCCC1)c1ccc(NS(=O)(=O)c2ccc(F)cc2)cc1. The number of nitrogens with one attached hydrogen (secondary N) is 2. The highest BCUT2D eigenvalue weighted by molar-refractivity contribution is 7.92. The first-order chi connectivity index (χ1) is 12.9. The molecule has 7 heteroatoms. The van der Waals surface area contributed by atoms with Crippen LogP contribution in [0.4, 0.5) is 10.1 Å². The second kappa shape index (κ2) is 8.52. The van der Waals surface area contributed by atoms with E-state index in [1.807, 2.05) is 0 Å².